The SMILES string of the molecule is CCOc1cc(CBr)ccc1OCc1cncc(F)c1. The Bertz CT molecular complexity index is 578. The van der Waals surface area contributed by atoms with Crippen molar-refractivity contribution >= 4 is 15.9 Å². The van der Waals surface area contributed by atoms with E-state index >= 15 is 0 Å². The van der Waals surface area contributed by atoms with Crippen LogP contribution in [0.25, 0.3) is 0 Å². The van der Waals surface area contributed by atoms with Crippen LogP contribution in [0.5, 0.6) is 11.5 Å². The molecule has 0 atom stereocenters. The standard InChI is InChI=1S/C15H15BrFNO2/c1-2-19-15-6-11(7-16)3-4-14(15)20-10-12-5-13(17)9-18-8-12/h3-6,8-9H,2,7,10H2,1H3. The summed E-state index contributed by atoms with van der Waals surface area (Å²) in [6, 6.07) is 7.14. The van der Waals surface area contributed by atoms with Gasteiger partial charge >= 0.3 is 0 Å². The van der Waals surface area contributed by atoms with Crippen LogP contribution in [0, 0.1) is 5.82 Å². The molecule has 2 rings (SSSR count). The first kappa shape index (κ1) is 14.8. The average molecular weight is 340 g/mol. The Kier molecular flexibility index (Phi) is 5.35. The molecule has 20 heavy (non-hydrogen) atoms. The number of pyridine rings is 1. The Labute approximate surface area is 125 Å². The largest absolute Gasteiger partial charge is 0.490 e. The molecule has 0 aliphatic heterocycles. The third-order valence-corrected chi connectivity index (χ3v) is 3.27. The molecule has 0 aliphatic carbocycles. The fourth-order valence-corrected chi connectivity index (χ4v) is 2.07. The lowest BCUT2D eigenvalue weighted by Gasteiger charge is -2.13. The van der Waals surface area contributed by atoms with E-state index in [-0.39, 0.29) is 12.4 Å². The van der Waals surface area contributed by atoms with Crippen LogP contribution in [0.4, 0.5) is 4.39 Å². The molecule has 0 unspecified atom stereocenters. The summed E-state index contributed by atoms with van der Waals surface area (Å²) in [5, 5.41) is 0.751. The monoisotopic (exact) mass is 339 g/mol. The molecular formula is C15H15BrFNO2. The fourth-order valence-electron chi connectivity index (χ4n) is 1.72. The van der Waals surface area contributed by atoms with Crippen molar-refractivity contribution in [1.29, 1.82) is 0 Å². The average Bonchev–Trinajstić information content (AvgIpc) is 2.46. The summed E-state index contributed by atoms with van der Waals surface area (Å²) in [5.74, 6) is 0.959. The van der Waals surface area contributed by atoms with Crippen LogP contribution in [0.2, 0.25) is 0 Å². The van der Waals surface area contributed by atoms with Gasteiger partial charge in [0.15, 0.2) is 11.5 Å². The van der Waals surface area contributed by atoms with E-state index in [1.54, 1.807) is 6.20 Å². The molecule has 1 aromatic carbocycles. The molecule has 0 amide bonds. The van der Waals surface area contributed by atoms with Crippen LogP contribution in [0.1, 0.15) is 18.1 Å². The van der Waals surface area contributed by atoms with Gasteiger partial charge in [0.1, 0.15) is 12.4 Å². The van der Waals surface area contributed by atoms with Gasteiger partial charge in [0.25, 0.3) is 0 Å². The van der Waals surface area contributed by atoms with Gasteiger partial charge < -0.3 is 9.47 Å². The lowest BCUT2D eigenvalue weighted by molar-refractivity contribution is 0.268. The van der Waals surface area contributed by atoms with E-state index in [4.69, 9.17) is 9.47 Å². The second-order valence-corrected chi connectivity index (χ2v) is 4.71. The van der Waals surface area contributed by atoms with Crippen molar-refractivity contribution in [2.24, 2.45) is 0 Å². The number of hydrogen-bond acceptors (Lipinski definition) is 3. The van der Waals surface area contributed by atoms with Gasteiger partial charge in [0, 0.05) is 17.1 Å². The maximum absolute atomic E-state index is 13.0. The van der Waals surface area contributed by atoms with E-state index < -0.39 is 0 Å². The Morgan fingerprint density at radius 3 is 2.65 bits per heavy atom. The molecule has 5 heteroatoms. The lowest BCUT2D eigenvalue weighted by atomic mass is 10.2. The molecule has 0 fully saturated rings. The van der Waals surface area contributed by atoms with Crippen LogP contribution >= 0.6 is 15.9 Å². The summed E-state index contributed by atoms with van der Waals surface area (Å²) in [6.45, 7) is 2.73. The Morgan fingerprint density at radius 2 is 1.95 bits per heavy atom. The van der Waals surface area contributed by atoms with E-state index in [1.807, 2.05) is 25.1 Å². The van der Waals surface area contributed by atoms with Gasteiger partial charge in [-0.15, -0.1) is 0 Å². The zero-order chi connectivity index (χ0) is 14.4. The fraction of sp³-hybridized carbons (Fsp3) is 0.267. The number of aromatic nitrogens is 1. The second kappa shape index (κ2) is 7.24. The highest BCUT2D eigenvalue weighted by Gasteiger charge is 2.07. The summed E-state index contributed by atoms with van der Waals surface area (Å²) in [5.41, 5.74) is 1.78. The highest BCUT2D eigenvalue weighted by Crippen LogP contribution is 2.30. The first-order valence-corrected chi connectivity index (χ1v) is 7.39. The molecule has 0 saturated carbocycles. The topological polar surface area (TPSA) is 31.4 Å². The molecule has 106 valence electrons. The minimum Gasteiger partial charge on any atom is -0.490 e. The van der Waals surface area contributed by atoms with E-state index in [0.29, 0.717) is 23.7 Å². The quantitative estimate of drug-likeness (QED) is 0.742. The maximum Gasteiger partial charge on any atom is 0.161 e. The molecule has 1 aromatic heterocycles. The number of ether oxygens (including phenoxy) is 2. The highest BCUT2D eigenvalue weighted by molar-refractivity contribution is 9.08. The van der Waals surface area contributed by atoms with Gasteiger partial charge in [-0.05, 0) is 30.7 Å². The summed E-state index contributed by atoms with van der Waals surface area (Å²) in [7, 11) is 0. The molecule has 0 N–H and O–H groups in total. The van der Waals surface area contributed by atoms with Gasteiger partial charge in [-0.3, -0.25) is 4.98 Å². The number of rotatable bonds is 6. The van der Waals surface area contributed by atoms with Crippen LogP contribution in [-0.2, 0) is 11.9 Å². The Balaban J connectivity index is 2.12. The van der Waals surface area contributed by atoms with E-state index in [9.17, 15) is 4.39 Å². The van der Waals surface area contributed by atoms with Crippen molar-refractivity contribution in [1.82, 2.24) is 4.98 Å². The van der Waals surface area contributed by atoms with Crippen LogP contribution in [0.3, 0.4) is 0 Å². The molecule has 0 aliphatic rings. The predicted octanol–water partition coefficient (Wildman–Crippen LogP) is 4.09. The Morgan fingerprint density at radius 1 is 1.10 bits per heavy atom. The smallest absolute Gasteiger partial charge is 0.161 e. The molecule has 2 aromatic rings. The number of alkyl halides is 1. The molecule has 3 nitrogen and oxygen atoms in total. The van der Waals surface area contributed by atoms with Gasteiger partial charge in [-0.25, -0.2) is 4.39 Å². The van der Waals surface area contributed by atoms with Gasteiger partial charge in [0.05, 0.1) is 12.8 Å². The minimum absolute atomic E-state index is 0.249. The van der Waals surface area contributed by atoms with Crippen molar-refractivity contribution in [2.75, 3.05) is 6.61 Å². The number of nitrogens with zero attached hydrogens (tertiary/aromatic N) is 1. The summed E-state index contributed by atoms with van der Waals surface area (Å²) in [6.07, 6.45) is 2.75. The maximum atomic E-state index is 13.0. The zero-order valence-electron chi connectivity index (χ0n) is 11.1. The highest BCUT2D eigenvalue weighted by atomic mass is 79.9. The zero-order valence-corrected chi connectivity index (χ0v) is 12.7. The van der Waals surface area contributed by atoms with E-state index in [2.05, 4.69) is 20.9 Å². The molecule has 0 bridgehead atoms. The molecule has 1 heterocycles. The lowest BCUT2D eigenvalue weighted by Crippen LogP contribution is -2.01. The van der Waals surface area contributed by atoms with Gasteiger partial charge in [-0.1, -0.05) is 22.0 Å². The normalized spacial score (nSPS) is 10.3. The molecule has 0 saturated heterocycles. The van der Waals surface area contributed by atoms with Crippen LogP contribution in [0.15, 0.2) is 36.7 Å². The van der Waals surface area contributed by atoms with Gasteiger partial charge in [-0.2, -0.15) is 0 Å². The van der Waals surface area contributed by atoms with Crippen LogP contribution in [-0.4, -0.2) is 11.6 Å². The van der Waals surface area contributed by atoms with E-state index in [1.165, 1.54) is 12.3 Å². The molecule has 0 spiro atoms. The van der Waals surface area contributed by atoms with Crippen molar-refractivity contribution in [3.63, 3.8) is 0 Å². The first-order valence-electron chi connectivity index (χ1n) is 6.27. The Hall–Kier alpha value is -1.62. The number of benzene rings is 1. The van der Waals surface area contributed by atoms with Crippen molar-refractivity contribution < 1.29 is 13.9 Å². The molecular weight excluding hydrogens is 325 g/mol. The summed E-state index contributed by atoms with van der Waals surface area (Å²) < 4.78 is 24.3. The number of hydrogen-bond donors (Lipinski definition) is 0. The summed E-state index contributed by atoms with van der Waals surface area (Å²) >= 11 is 3.40. The minimum atomic E-state index is -0.370. The number of halogens is 2. The van der Waals surface area contributed by atoms with Crippen LogP contribution < -0.4 is 9.47 Å². The van der Waals surface area contributed by atoms with Gasteiger partial charge in [0.2, 0.25) is 0 Å². The van der Waals surface area contributed by atoms with Crippen molar-refractivity contribution in [2.45, 2.75) is 18.9 Å². The third kappa shape index (κ3) is 3.93. The van der Waals surface area contributed by atoms with E-state index in [0.717, 1.165) is 10.9 Å². The van der Waals surface area contributed by atoms with Crippen molar-refractivity contribution in [3.8, 4) is 11.5 Å². The van der Waals surface area contributed by atoms with Crippen molar-refractivity contribution in [3.05, 3.63) is 53.6 Å². The predicted molar refractivity (Wildman–Crippen MR) is 78.8 cm³/mol. The third-order valence-electron chi connectivity index (χ3n) is 2.62. The summed E-state index contributed by atoms with van der Waals surface area (Å²) in [4.78, 5) is 3.79. The molecule has 0 radical (unpaired) electrons. The first-order chi connectivity index (χ1) is 9.72. The second-order valence-electron chi connectivity index (χ2n) is 4.15.